The van der Waals surface area contributed by atoms with Crippen LogP contribution in [-0.4, -0.2) is 33.5 Å². The molecule has 3 aromatic rings. The molecule has 0 fully saturated rings. The van der Waals surface area contributed by atoms with E-state index < -0.39 is 0 Å². The molecule has 0 aliphatic carbocycles. The predicted molar refractivity (Wildman–Crippen MR) is 99.8 cm³/mol. The van der Waals surface area contributed by atoms with E-state index in [0.29, 0.717) is 5.19 Å². The summed E-state index contributed by atoms with van der Waals surface area (Å²) in [5, 5.41) is 0.654. The second-order valence-corrected chi connectivity index (χ2v) is 7.30. The van der Waals surface area contributed by atoms with Crippen molar-refractivity contribution in [1.29, 1.82) is 0 Å². The zero-order chi connectivity index (χ0) is 17.9. The molecule has 3 heterocycles. The molecule has 26 heavy (non-hydrogen) atoms. The number of aromatic nitrogens is 3. The van der Waals surface area contributed by atoms with E-state index in [1.165, 1.54) is 16.1 Å². The van der Waals surface area contributed by atoms with Gasteiger partial charge in [0.25, 0.3) is 5.19 Å². The van der Waals surface area contributed by atoms with E-state index >= 15 is 0 Å². The number of fused-ring (bicyclic) bond motifs is 1. The Morgan fingerprint density at radius 2 is 1.92 bits per heavy atom. The second kappa shape index (κ2) is 7.39. The smallest absolute Gasteiger partial charge is 0.278 e. The van der Waals surface area contributed by atoms with E-state index in [1.807, 2.05) is 43.6 Å². The molecule has 0 unspecified atom stereocenters. The maximum Gasteiger partial charge on any atom is 0.278 e. The zero-order valence-electron chi connectivity index (χ0n) is 14.8. The Kier molecular flexibility index (Phi) is 4.81. The standard InChI is InChI=1S/C19H20N4O2S/c1-13-20-9-14-11-23(8-7-18(14)22-13)12-17-10-21-19(26-17)25-16-5-3-15(24-2)4-6-16/h3-6,9-10H,7-8,11-12H2,1-2H3. The van der Waals surface area contributed by atoms with Gasteiger partial charge in [0.2, 0.25) is 0 Å². The number of benzene rings is 1. The van der Waals surface area contributed by atoms with Crippen LogP contribution >= 0.6 is 11.3 Å². The quantitative estimate of drug-likeness (QED) is 0.686. The summed E-state index contributed by atoms with van der Waals surface area (Å²) in [6.07, 6.45) is 4.81. The predicted octanol–water partition coefficient (Wildman–Crippen LogP) is 3.60. The van der Waals surface area contributed by atoms with Crippen LogP contribution in [0.1, 0.15) is 22.0 Å². The summed E-state index contributed by atoms with van der Waals surface area (Å²) < 4.78 is 11.0. The lowest BCUT2D eigenvalue weighted by atomic mass is 10.1. The molecule has 0 N–H and O–H groups in total. The average molecular weight is 368 g/mol. The minimum absolute atomic E-state index is 0.654. The van der Waals surface area contributed by atoms with Crippen molar-refractivity contribution in [3.63, 3.8) is 0 Å². The molecular weight excluding hydrogens is 348 g/mol. The molecule has 134 valence electrons. The number of methoxy groups -OCH3 is 1. The Bertz CT molecular complexity index is 895. The Labute approximate surface area is 156 Å². The number of nitrogens with zero attached hydrogens (tertiary/aromatic N) is 4. The lowest BCUT2D eigenvalue weighted by molar-refractivity contribution is 0.244. The van der Waals surface area contributed by atoms with E-state index in [2.05, 4.69) is 19.9 Å². The van der Waals surface area contributed by atoms with E-state index in [1.54, 1.807) is 18.4 Å². The molecule has 0 saturated heterocycles. The van der Waals surface area contributed by atoms with Crippen molar-refractivity contribution in [1.82, 2.24) is 19.9 Å². The van der Waals surface area contributed by atoms with Crippen LogP contribution in [0.5, 0.6) is 16.7 Å². The highest BCUT2D eigenvalue weighted by Gasteiger charge is 2.19. The minimum Gasteiger partial charge on any atom is -0.497 e. The lowest BCUT2D eigenvalue weighted by Gasteiger charge is -2.27. The molecule has 0 bridgehead atoms. The normalized spacial score (nSPS) is 14.1. The molecule has 1 aliphatic heterocycles. The molecular formula is C19H20N4O2S. The molecule has 7 heteroatoms. The van der Waals surface area contributed by atoms with Crippen LogP contribution in [0.3, 0.4) is 0 Å². The first-order chi connectivity index (χ1) is 12.7. The van der Waals surface area contributed by atoms with Crippen LogP contribution in [0.2, 0.25) is 0 Å². The fraction of sp³-hybridized carbons (Fsp3) is 0.316. The van der Waals surface area contributed by atoms with Crippen LogP contribution < -0.4 is 9.47 Å². The fourth-order valence-electron chi connectivity index (χ4n) is 2.98. The van der Waals surface area contributed by atoms with Crippen molar-refractivity contribution >= 4 is 11.3 Å². The van der Waals surface area contributed by atoms with Gasteiger partial charge in [0.1, 0.15) is 17.3 Å². The summed E-state index contributed by atoms with van der Waals surface area (Å²) in [4.78, 5) is 16.8. The molecule has 1 aromatic carbocycles. The Balaban J connectivity index is 1.38. The van der Waals surface area contributed by atoms with Gasteiger partial charge >= 0.3 is 0 Å². The van der Waals surface area contributed by atoms with Gasteiger partial charge in [0.15, 0.2) is 0 Å². The minimum atomic E-state index is 0.654. The monoisotopic (exact) mass is 368 g/mol. The van der Waals surface area contributed by atoms with Crippen LogP contribution in [0, 0.1) is 6.92 Å². The number of thiazole rings is 1. The number of rotatable bonds is 5. The average Bonchev–Trinajstić information content (AvgIpc) is 3.09. The van der Waals surface area contributed by atoms with E-state index in [9.17, 15) is 0 Å². The SMILES string of the molecule is COc1ccc(Oc2ncc(CN3CCc4nc(C)ncc4C3)s2)cc1. The van der Waals surface area contributed by atoms with Crippen LogP contribution in [-0.2, 0) is 19.5 Å². The first-order valence-electron chi connectivity index (χ1n) is 8.50. The highest BCUT2D eigenvalue weighted by Crippen LogP contribution is 2.29. The van der Waals surface area contributed by atoms with Crippen LogP contribution in [0.4, 0.5) is 0 Å². The van der Waals surface area contributed by atoms with E-state index in [4.69, 9.17) is 9.47 Å². The molecule has 0 radical (unpaired) electrons. The van der Waals surface area contributed by atoms with Crippen molar-refractivity contribution in [2.75, 3.05) is 13.7 Å². The van der Waals surface area contributed by atoms with Crippen molar-refractivity contribution < 1.29 is 9.47 Å². The molecule has 0 amide bonds. The molecule has 6 nitrogen and oxygen atoms in total. The van der Waals surface area contributed by atoms with Gasteiger partial charge in [-0.3, -0.25) is 4.90 Å². The van der Waals surface area contributed by atoms with Crippen molar-refractivity contribution in [3.8, 4) is 16.7 Å². The molecule has 0 saturated carbocycles. The molecule has 4 rings (SSSR count). The first-order valence-corrected chi connectivity index (χ1v) is 9.31. The largest absolute Gasteiger partial charge is 0.497 e. The van der Waals surface area contributed by atoms with Gasteiger partial charge in [0.05, 0.1) is 7.11 Å². The summed E-state index contributed by atoms with van der Waals surface area (Å²) in [5.41, 5.74) is 2.41. The van der Waals surface area contributed by atoms with Gasteiger partial charge in [-0.1, -0.05) is 11.3 Å². The summed E-state index contributed by atoms with van der Waals surface area (Å²) in [7, 11) is 1.65. The first kappa shape index (κ1) is 16.9. The van der Waals surface area contributed by atoms with Crippen molar-refractivity contribution in [2.24, 2.45) is 0 Å². The topological polar surface area (TPSA) is 60.4 Å². The van der Waals surface area contributed by atoms with Crippen molar-refractivity contribution in [3.05, 3.63) is 58.6 Å². The van der Waals surface area contributed by atoms with Crippen LogP contribution in [0.15, 0.2) is 36.7 Å². The fourth-order valence-corrected chi connectivity index (χ4v) is 3.80. The van der Waals surface area contributed by atoms with Gasteiger partial charge in [-0.2, -0.15) is 0 Å². The number of aryl methyl sites for hydroxylation is 1. The third kappa shape index (κ3) is 3.84. The maximum atomic E-state index is 5.83. The third-order valence-electron chi connectivity index (χ3n) is 4.31. The summed E-state index contributed by atoms with van der Waals surface area (Å²) in [6.45, 7) is 4.67. The third-order valence-corrected chi connectivity index (χ3v) is 5.17. The van der Waals surface area contributed by atoms with Gasteiger partial charge in [0, 0.05) is 54.6 Å². The molecule has 0 atom stereocenters. The highest BCUT2D eigenvalue weighted by atomic mass is 32.1. The zero-order valence-corrected chi connectivity index (χ0v) is 15.6. The molecule has 1 aliphatic rings. The molecule has 2 aromatic heterocycles. The second-order valence-electron chi connectivity index (χ2n) is 6.22. The Morgan fingerprint density at radius 3 is 2.73 bits per heavy atom. The van der Waals surface area contributed by atoms with E-state index in [0.717, 1.165) is 43.4 Å². The van der Waals surface area contributed by atoms with Gasteiger partial charge in [-0.05, 0) is 31.2 Å². The Hall–Kier alpha value is -2.51. The maximum absolute atomic E-state index is 5.83. The number of hydrogen-bond donors (Lipinski definition) is 0. The lowest BCUT2D eigenvalue weighted by Crippen LogP contribution is -2.30. The van der Waals surface area contributed by atoms with Gasteiger partial charge < -0.3 is 9.47 Å². The number of hydrogen-bond acceptors (Lipinski definition) is 7. The summed E-state index contributed by atoms with van der Waals surface area (Å²) in [6, 6.07) is 7.50. The summed E-state index contributed by atoms with van der Waals surface area (Å²) in [5.74, 6) is 2.41. The Morgan fingerprint density at radius 1 is 1.12 bits per heavy atom. The van der Waals surface area contributed by atoms with E-state index in [-0.39, 0.29) is 0 Å². The van der Waals surface area contributed by atoms with Crippen LogP contribution in [0.25, 0.3) is 0 Å². The molecule has 0 spiro atoms. The highest BCUT2D eigenvalue weighted by molar-refractivity contribution is 7.13. The summed E-state index contributed by atoms with van der Waals surface area (Å²) >= 11 is 1.58. The van der Waals surface area contributed by atoms with Crippen molar-refractivity contribution in [2.45, 2.75) is 26.4 Å². The van der Waals surface area contributed by atoms with Gasteiger partial charge in [-0.25, -0.2) is 15.0 Å². The number of ether oxygens (including phenoxy) is 2. The van der Waals surface area contributed by atoms with Gasteiger partial charge in [-0.15, -0.1) is 0 Å².